The summed E-state index contributed by atoms with van der Waals surface area (Å²) in [4.78, 5) is 34.4. The van der Waals surface area contributed by atoms with Crippen molar-refractivity contribution in [3.63, 3.8) is 0 Å². The molecular weight excluding hydrogens is 262 g/mol. The predicted octanol–water partition coefficient (Wildman–Crippen LogP) is 0.698. The molecule has 0 saturated heterocycles. The first-order valence-corrected chi connectivity index (χ1v) is 6.56. The number of hydrogen-bond donors (Lipinski definition) is 4. The van der Waals surface area contributed by atoms with Gasteiger partial charge in [0.2, 0.25) is 5.91 Å². The Balaban J connectivity index is 4.46. The number of amides is 3. The molecule has 0 bridgehead atoms. The molecular formula is C13H25N3O4. The molecule has 20 heavy (non-hydrogen) atoms. The highest BCUT2D eigenvalue weighted by molar-refractivity contribution is 5.88. The molecule has 0 rings (SSSR count). The summed E-state index contributed by atoms with van der Waals surface area (Å²) in [6, 6.07) is -2.42. The van der Waals surface area contributed by atoms with E-state index in [-0.39, 0.29) is 11.8 Å². The number of hydrogen-bond acceptors (Lipinski definition) is 3. The smallest absolute Gasteiger partial charge is 0.326 e. The van der Waals surface area contributed by atoms with Crippen LogP contribution in [0.5, 0.6) is 0 Å². The van der Waals surface area contributed by atoms with Crippen LogP contribution in [0.2, 0.25) is 0 Å². The fourth-order valence-electron chi connectivity index (χ4n) is 1.44. The Hall–Kier alpha value is -1.79. The molecule has 0 spiro atoms. The number of urea groups is 1. The summed E-state index contributed by atoms with van der Waals surface area (Å²) >= 11 is 0. The molecule has 1 unspecified atom stereocenters. The minimum atomic E-state index is -1.11. The molecule has 0 fully saturated rings. The molecule has 0 aromatic carbocycles. The van der Waals surface area contributed by atoms with Crippen LogP contribution in [0.15, 0.2) is 0 Å². The van der Waals surface area contributed by atoms with E-state index < -0.39 is 29.6 Å². The van der Waals surface area contributed by atoms with Crippen LogP contribution in [0.3, 0.4) is 0 Å². The van der Waals surface area contributed by atoms with Gasteiger partial charge in [-0.1, -0.05) is 13.8 Å². The number of aliphatic carboxylic acids is 1. The van der Waals surface area contributed by atoms with Gasteiger partial charge in [0.1, 0.15) is 12.1 Å². The van der Waals surface area contributed by atoms with E-state index in [2.05, 4.69) is 16.0 Å². The van der Waals surface area contributed by atoms with Crippen LogP contribution in [0.1, 0.15) is 41.5 Å². The maximum Gasteiger partial charge on any atom is 0.326 e. The lowest BCUT2D eigenvalue weighted by molar-refractivity contribution is -0.140. The van der Waals surface area contributed by atoms with Crippen LogP contribution in [-0.4, -0.2) is 40.6 Å². The highest BCUT2D eigenvalue weighted by Crippen LogP contribution is 2.02. The van der Waals surface area contributed by atoms with E-state index in [0.29, 0.717) is 0 Å². The molecule has 0 radical (unpaired) electrons. The third-order valence-electron chi connectivity index (χ3n) is 2.46. The lowest BCUT2D eigenvalue weighted by atomic mass is 10.1. The SMILES string of the molecule is CC(NC(=O)N[C@@H](C(=O)O)C(C)C)C(=O)NC(C)(C)C. The van der Waals surface area contributed by atoms with E-state index in [0.717, 1.165) is 0 Å². The quantitative estimate of drug-likeness (QED) is 0.597. The molecule has 7 nitrogen and oxygen atoms in total. The Morgan fingerprint density at radius 2 is 1.50 bits per heavy atom. The summed E-state index contributed by atoms with van der Waals surface area (Å²) in [5, 5.41) is 16.4. The fourth-order valence-corrected chi connectivity index (χ4v) is 1.44. The van der Waals surface area contributed by atoms with Gasteiger partial charge in [-0.2, -0.15) is 0 Å². The molecule has 116 valence electrons. The van der Waals surface area contributed by atoms with Crippen molar-refractivity contribution in [2.75, 3.05) is 0 Å². The Bertz CT molecular complexity index is 374. The van der Waals surface area contributed by atoms with Gasteiger partial charge in [0.25, 0.3) is 0 Å². The van der Waals surface area contributed by atoms with Gasteiger partial charge in [0.05, 0.1) is 0 Å². The Morgan fingerprint density at radius 1 is 1.00 bits per heavy atom. The van der Waals surface area contributed by atoms with E-state index in [1.54, 1.807) is 13.8 Å². The van der Waals surface area contributed by atoms with Crippen molar-refractivity contribution < 1.29 is 19.5 Å². The van der Waals surface area contributed by atoms with E-state index in [1.807, 2.05) is 20.8 Å². The first-order chi connectivity index (χ1) is 8.94. The van der Waals surface area contributed by atoms with Crippen LogP contribution in [0.4, 0.5) is 4.79 Å². The number of carboxylic acids is 1. The molecule has 0 heterocycles. The molecule has 0 saturated carbocycles. The summed E-state index contributed by atoms with van der Waals surface area (Å²) < 4.78 is 0. The normalized spacial score (nSPS) is 14.3. The van der Waals surface area contributed by atoms with Gasteiger partial charge in [0, 0.05) is 5.54 Å². The zero-order chi connectivity index (χ0) is 16.1. The third-order valence-corrected chi connectivity index (χ3v) is 2.46. The Kier molecular flexibility index (Phi) is 6.48. The van der Waals surface area contributed by atoms with Gasteiger partial charge >= 0.3 is 12.0 Å². The molecule has 3 amide bonds. The van der Waals surface area contributed by atoms with Crippen molar-refractivity contribution in [3.8, 4) is 0 Å². The molecule has 0 aromatic rings. The number of carbonyl (C=O) groups is 3. The molecule has 0 aromatic heterocycles. The summed E-state index contributed by atoms with van der Waals surface area (Å²) in [6.45, 7) is 10.4. The van der Waals surface area contributed by atoms with Gasteiger partial charge in [0.15, 0.2) is 0 Å². The van der Waals surface area contributed by atoms with Crippen molar-refractivity contribution in [1.29, 1.82) is 0 Å². The average Bonchev–Trinajstić information content (AvgIpc) is 2.22. The third kappa shape index (κ3) is 6.96. The van der Waals surface area contributed by atoms with Crippen LogP contribution in [-0.2, 0) is 9.59 Å². The largest absolute Gasteiger partial charge is 0.480 e. The monoisotopic (exact) mass is 287 g/mol. The summed E-state index contributed by atoms with van der Waals surface area (Å²) in [5.41, 5.74) is -0.398. The van der Waals surface area contributed by atoms with Crippen LogP contribution >= 0.6 is 0 Å². The van der Waals surface area contributed by atoms with E-state index in [9.17, 15) is 14.4 Å². The highest BCUT2D eigenvalue weighted by atomic mass is 16.4. The van der Waals surface area contributed by atoms with E-state index in [4.69, 9.17) is 5.11 Å². The lowest BCUT2D eigenvalue weighted by Crippen LogP contribution is -2.55. The minimum absolute atomic E-state index is 0.253. The van der Waals surface area contributed by atoms with Gasteiger partial charge in [-0.15, -0.1) is 0 Å². The molecule has 0 aliphatic carbocycles. The van der Waals surface area contributed by atoms with Crippen LogP contribution in [0, 0.1) is 5.92 Å². The summed E-state index contributed by atoms with van der Waals surface area (Å²) in [7, 11) is 0. The number of carboxylic acid groups (broad SMARTS) is 1. The molecule has 4 N–H and O–H groups in total. The van der Waals surface area contributed by atoms with Crippen molar-refractivity contribution in [1.82, 2.24) is 16.0 Å². The van der Waals surface area contributed by atoms with Gasteiger partial charge in [-0.25, -0.2) is 9.59 Å². The first kappa shape index (κ1) is 18.2. The average molecular weight is 287 g/mol. The highest BCUT2D eigenvalue weighted by Gasteiger charge is 2.25. The molecule has 0 aliphatic rings. The molecule has 2 atom stereocenters. The summed E-state index contributed by atoms with van der Waals surface area (Å²) in [6.07, 6.45) is 0. The topological polar surface area (TPSA) is 108 Å². The second kappa shape index (κ2) is 7.12. The number of nitrogens with one attached hydrogen (secondary N) is 3. The maximum absolute atomic E-state index is 11.8. The Labute approximate surface area is 119 Å². The van der Waals surface area contributed by atoms with Gasteiger partial charge in [-0.05, 0) is 33.6 Å². The standard InChI is InChI=1S/C13H25N3O4/c1-7(2)9(11(18)19)15-12(20)14-8(3)10(17)16-13(4,5)6/h7-9H,1-6H3,(H,16,17)(H,18,19)(H2,14,15,20)/t8?,9-/m1/s1. The van der Waals surface area contributed by atoms with E-state index in [1.165, 1.54) is 6.92 Å². The lowest BCUT2D eigenvalue weighted by Gasteiger charge is -2.24. The second-order valence-electron chi connectivity index (χ2n) is 6.14. The van der Waals surface area contributed by atoms with Crippen molar-refractivity contribution in [2.24, 2.45) is 5.92 Å². The van der Waals surface area contributed by atoms with Crippen LogP contribution in [0.25, 0.3) is 0 Å². The van der Waals surface area contributed by atoms with Crippen molar-refractivity contribution in [3.05, 3.63) is 0 Å². The second-order valence-corrected chi connectivity index (χ2v) is 6.14. The van der Waals surface area contributed by atoms with Crippen molar-refractivity contribution >= 4 is 17.9 Å². The van der Waals surface area contributed by atoms with E-state index >= 15 is 0 Å². The minimum Gasteiger partial charge on any atom is -0.480 e. The predicted molar refractivity (Wildman–Crippen MR) is 75.3 cm³/mol. The fraction of sp³-hybridized carbons (Fsp3) is 0.769. The molecule has 0 aliphatic heterocycles. The van der Waals surface area contributed by atoms with Crippen molar-refractivity contribution in [2.45, 2.75) is 59.2 Å². The van der Waals surface area contributed by atoms with Crippen LogP contribution < -0.4 is 16.0 Å². The maximum atomic E-state index is 11.8. The summed E-state index contributed by atoms with van der Waals surface area (Å²) in [5.74, 6) is -1.69. The number of rotatable bonds is 5. The zero-order valence-electron chi connectivity index (χ0n) is 12.9. The molecule has 7 heteroatoms. The Morgan fingerprint density at radius 3 is 1.85 bits per heavy atom. The number of carbonyl (C=O) groups excluding carboxylic acids is 2. The van der Waals surface area contributed by atoms with Gasteiger partial charge < -0.3 is 21.1 Å². The zero-order valence-corrected chi connectivity index (χ0v) is 12.9. The van der Waals surface area contributed by atoms with Gasteiger partial charge in [-0.3, -0.25) is 4.79 Å². The first-order valence-electron chi connectivity index (χ1n) is 6.56.